The quantitative estimate of drug-likeness (QED) is 0.699. The van der Waals surface area contributed by atoms with Crippen LogP contribution >= 0.6 is 27.5 Å². The number of hydrogen-bond acceptors (Lipinski definition) is 6. The molecule has 0 spiro atoms. The molecule has 0 aliphatic rings. The van der Waals surface area contributed by atoms with Gasteiger partial charge in [-0.15, -0.1) is 0 Å². The zero-order chi connectivity index (χ0) is 12.5. The summed E-state index contributed by atoms with van der Waals surface area (Å²) in [4.78, 5) is 16.0. The van der Waals surface area contributed by atoms with Crippen molar-refractivity contribution in [3.63, 3.8) is 0 Å². The Hall–Kier alpha value is -1.87. The van der Waals surface area contributed by atoms with Crippen molar-refractivity contribution >= 4 is 27.5 Å². The molecule has 0 bridgehead atoms. The summed E-state index contributed by atoms with van der Waals surface area (Å²) in [6.07, 6.45) is 6.17. The third-order valence-electron chi connectivity index (χ3n) is 1.96. The van der Waals surface area contributed by atoms with Crippen molar-refractivity contribution in [3.05, 3.63) is 34.8 Å². The van der Waals surface area contributed by atoms with Gasteiger partial charge in [0.25, 0.3) is 11.9 Å². The van der Waals surface area contributed by atoms with Gasteiger partial charge in [-0.05, 0) is 27.5 Å². The van der Waals surface area contributed by atoms with E-state index in [0.717, 1.165) is 4.47 Å². The fraction of sp³-hybridized carbons (Fsp3) is 0. The van der Waals surface area contributed by atoms with Gasteiger partial charge in [0.15, 0.2) is 0 Å². The average Bonchev–Trinajstić information content (AvgIpc) is 2.98. The van der Waals surface area contributed by atoms with E-state index < -0.39 is 0 Å². The monoisotopic (exact) mass is 326 g/mol. The van der Waals surface area contributed by atoms with Crippen LogP contribution in [-0.2, 0) is 0 Å². The van der Waals surface area contributed by atoms with E-state index >= 15 is 0 Å². The highest BCUT2D eigenvalue weighted by molar-refractivity contribution is 9.10. The van der Waals surface area contributed by atoms with Crippen LogP contribution in [0, 0.1) is 0 Å². The number of aromatic nitrogens is 8. The third-order valence-corrected chi connectivity index (χ3v) is 2.54. The third kappa shape index (κ3) is 2.09. The zero-order valence-corrected chi connectivity index (χ0v) is 11.0. The Morgan fingerprint density at radius 1 is 1.06 bits per heavy atom. The molecule has 0 saturated carbocycles. The number of rotatable bonds is 2. The SMILES string of the molecule is Clc1nc(-n2cncn2)nc(-n2cc(Br)cn2)n1. The molecule has 3 aromatic rings. The summed E-state index contributed by atoms with van der Waals surface area (Å²) in [5.74, 6) is 0.570. The van der Waals surface area contributed by atoms with Gasteiger partial charge in [0.2, 0.25) is 5.28 Å². The van der Waals surface area contributed by atoms with Crippen LogP contribution in [0.25, 0.3) is 11.9 Å². The molecule has 18 heavy (non-hydrogen) atoms. The summed E-state index contributed by atoms with van der Waals surface area (Å²) in [5.41, 5.74) is 0. The summed E-state index contributed by atoms with van der Waals surface area (Å²) in [6.45, 7) is 0. The van der Waals surface area contributed by atoms with Gasteiger partial charge in [0.1, 0.15) is 12.7 Å². The summed E-state index contributed by atoms with van der Waals surface area (Å²) in [7, 11) is 0. The van der Waals surface area contributed by atoms with Crippen molar-refractivity contribution in [1.29, 1.82) is 0 Å². The Kier molecular flexibility index (Phi) is 2.76. The van der Waals surface area contributed by atoms with Crippen LogP contribution in [-0.4, -0.2) is 39.5 Å². The van der Waals surface area contributed by atoms with Gasteiger partial charge >= 0.3 is 0 Å². The topological polar surface area (TPSA) is 87.2 Å². The Morgan fingerprint density at radius 3 is 2.44 bits per heavy atom. The Labute approximate surface area is 114 Å². The highest BCUT2D eigenvalue weighted by atomic mass is 79.9. The lowest BCUT2D eigenvalue weighted by Gasteiger charge is -2.02. The number of hydrogen-bond donors (Lipinski definition) is 0. The minimum atomic E-state index is 0.0529. The van der Waals surface area contributed by atoms with E-state index in [0.29, 0.717) is 5.95 Å². The van der Waals surface area contributed by atoms with Crippen molar-refractivity contribution in [2.75, 3.05) is 0 Å². The first-order chi connectivity index (χ1) is 8.72. The van der Waals surface area contributed by atoms with E-state index in [1.807, 2.05) is 0 Å². The molecule has 0 radical (unpaired) electrons. The first-order valence-electron chi connectivity index (χ1n) is 4.69. The Morgan fingerprint density at radius 2 is 1.83 bits per heavy atom. The molecule has 10 heteroatoms. The normalized spacial score (nSPS) is 10.8. The lowest BCUT2D eigenvalue weighted by Crippen LogP contribution is -2.09. The van der Waals surface area contributed by atoms with Crippen molar-refractivity contribution in [3.8, 4) is 11.9 Å². The molecular formula is C8H4BrClN8. The van der Waals surface area contributed by atoms with Crippen molar-refractivity contribution < 1.29 is 0 Å². The lowest BCUT2D eigenvalue weighted by atomic mass is 10.7. The predicted octanol–water partition coefficient (Wildman–Crippen LogP) is 1.05. The fourth-order valence-electron chi connectivity index (χ4n) is 1.26. The molecule has 0 N–H and O–H groups in total. The van der Waals surface area contributed by atoms with Crippen LogP contribution in [0.2, 0.25) is 5.28 Å². The first-order valence-corrected chi connectivity index (χ1v) is 5.86. The van der Waals surface area contributed by atoms with Crippen LogP contribution in [0.3, 0.4) is 0 Å². The van der Waals surface area contributed by atoms with Crippen LogP contribution in [0.4, 0.5) is 0 Å². The maximum Gasteiger partial charge on any atom is 0.258 e. The molecule has 0 saturated heterocycles. The molecule has 3 heterocycles. The first kappa shape index (κ1) is 11.2. The molecule has 90 valence electrons. The summed E-state index contributed by atoms with van der Waals surface area (Å²) in [6, 6.07) is 0. The molecule has 3 rings (SSSR count). The molecule has 0 unspecified atom stereocenters. The molecule has 0 aromatic carbocycles. The van der Waals surface area contributed by atoms with Crippen LogP contribution in [0.15, 0.2) is 29.5 Å². The standard InChI is InChI=1S/C8H4BrClN8/c9-5-1-12-17(2-5)7-14-6(10)15-8(16-7)18-4-11-3-13-18/h1-4H. The van der Waals surface area contributed by atoms with Gasteiger partial charge in [-0.2, -0.15) is 29.8 Å². The predicted molar refractivity (Wildman–Crippen MR) is 64.6 cm³/mol. The van der Waals surface area contributed by atoms with E-state index in [2.05, 4.69) is 46.1 Å². The van der Waals surface area contributed by atoms with Gasteiger partial charge < -0.3 is 0 Å². The second kappa shape index (κ2) is 4.42. The van der Waals surface area contributed by atoms with Crippen molar-refractivity contribution in [2.24, 2.45) is 0 Å². The van der Waals surface area contributed by atoms with Gasteiger partial charge in [-0.25, -0.2) is 9.67 Å². The zero-order valence-electron chi connectivity index (χ0n) is 8.64. The average molecular weight is 328 g/mol. The highest BCUT2D eigenvalue weighted by Gasteiger charge is 2.09. The largest absolute Gasteiger partial charge is 0.258 e. The fourth-order valence-corrected chi connectivity index (χ4v) is 1.69. The molecular weight excluding hydrogens is 324 g/mol. The second-order valence-corrected chi connectivity index (χ2v) is 4.40. The molecule has 8 nitrogen and oxygen atoms in total. The van der Waals surface area contributed by atoms with E-state index in [9.17, 15) is 0 Å². The Balaban J connectivity index is 2.11. The number of nitrogens with zero attached hydrogens (tertiary/aromatic N) is 8. The van der Waals surface area contributed by atoms with Crippen LogP contribution in [0.1, 0.15) is 0 Å². The highest BCUT2D eigenvalue weighted by Crippen LogP contribution is 2.12. The summed E-state index contributed by atoms with van der Waals surface area (Å²) >= 11 is 9.14. The van der Waals surface area contributed by atoms with Crippen molar-refractivity contribution in [1.82, 2.24) is 39.5 Å². The van der Waals surface area contributed by atoms with Gasteiger partial charge in [-0.3, -0.25) is 0 Å². The van der Waals surface area contributed by atoms with E-state index in [4.69, 9.17) is 11.6 Å². The maximum atomic E-state index is 5.85. The molecule has 0 aliphatic heterocycles. The molecule has 0 aliphatic carbocycles. The van der Waals surface area contributed by atoms with Gasteiger partial charge in [0, 0.05) is 6.20 Å². The summed E-state index contributed by atoms with van der Waals surface area (Å²) in [5, 5.41) is 8.04. The molecule has 0 amide bonds. The van der Waals surface area contributed by atoms with Gasteiger partial charge in [0.05, 0.1) is 10.7 Å². The Bertz CT molecular complexity index is 678. The van der Waals surface area contributed by atoms with E-state index in [-0.39, 0.29) is 11.2 Å². The smallest absolute Gasteiger partial charge is 0.223 e. The maximum absolute atomic E-state index is 5.85. The van der Waals surface area contributed by atoms with E-state index in [1.165, 1.54) is 22.0 Å². The lowest BCUT2D eigenvalue weighted by molar-refractivity contribution is 0.743. The van der Waals surface area contributed by atoms with Crippen LogP contribution in [0.5, 0.6) is 0 Å². The number of halogens is 2. The summed E-state index contributed by atoms with van der Waals surface area (Å²) < 4.78 is 3.66. The van der Waals surface area contributed by atoms with Crippen molar-refractivity contribution in [2.45, 2.75) is 0 Å². The van der Waals surface area contributed by atoms with Crippen LogP contribution < -0.4 is 0 Å². The molecule has 0 atom stereocenters. The molecule has 3 aromatic heterocycles. The minimum Gasteiger partial charge on any atom is -0.223 e. The molecule has 0 fully saturated rings. The second-order valence-electron chi connectivity index (χ2n) is 3.15. The minimum absolute atomic E-state index is 0.0529. The van der Waals surface area contributed by atoms with E-state index in [1.54, 1.807) is 12.4 Å². The van der Waals surface area contributed by atoms with Gasteiger partial charge in [-0.1, -0.05) is 0 Å².